The maximum Gasteiger partial charge on any atom is 0.255 e. The second kappa shape index (κ2) is 7.52. The number of hydrogen-bond donors (Lipinski definition) is 0. The van der Waals surface area contributed by atoms with Crippen molar-refractivity contribution in [3.8, 4) is 6.07 Å². The zero-order chi connectivity index (χ0) is 22.7. The van der Waals surface area contributed by atoms with Gasteiger partial charge in [0.2, 0.25) is 5.82 Å². The molecule has 0 saturated carbocycles. The molecule has 0 spiro atoms. The van der Waals surface area contributed by atoms with Crippen molar-refractivity contribution in [2.24, 2.45) is 4.99 Å². The van der Waals surface area contributed by atoms with Crippen molar-refractivity contribution >= 4 is 35.2 Å². The van der Waals surface area contributed by atoms with Gasteiger partial charge in [0.15, 0.2) is 6.04 Å². The fourth-order valence-corrected chi connectivity index (χ4v) is 5.34. The van der Waals surface area contributed by atoms with Crippen molar-refractivity contribution < 1.29 is 18.8 Å². The van der Waals surface area contributed by atoms with E-state index >= 15 is 0 Å². The van der Waals surface area contributed by atoms with E-state index in [2.05, 4.69) is 21.2 Å². The van der Waals surface area contributed by atoms with Gasteiger partial charge in [-0.15, -0.1) is 0 Å². The van der Waals surface area contributed by atoms with Gasteiger partial charge in [-0.05, 0) is 44.7 Å². The summed E-state index contributed by atoms with van der Waals surface area (Å²) >= 11 is 6.36. The maximum atomic E-state index is 14.0. The number of fused-ring (bicyclic) bond motifs is 3. The summed E-state index contributed by atoms with van der Waals surface area (Å²) < 4.78 is 17.2. The fourth-order valence-electron chi connectivity index (χ4n) is 5.14. The molecule has 1 aromatic heterocycles. The van der Waals surface area contributed by atoms with Crippen LogP contribution in [0.5, 0.6) is 0 Å². The summed E-state index contributed by atoms with van der Waals surface area (Å²) in [5, 5.41) is 14.2. The molecule has 10 nitrogen and oxygen atoms in total. The smallest absolute Gasteiger partial charge is 0.255 e. The van der Waals surface area contributed by atoms with Crippen LogP contribution in [-0.4, -0.2) is 47.4 Å². The molecule has 2 aromatic rings. The van der Waals surface area contributed by atoms with Crippen LogP contribution in [0, 0.1) is 11.3 Å². The predicted octanol–water partition coefficient (Wildman–Crippen LogP) is 3.28. The van der Waals surface area contributed by atoms with Crippen LogP contribution in [0.4, 0.5) is 11.4 Å². The third kappa shape index (κ3) is 3.00. The number of nitriles is 1. The molecule has 4 aliphatic rings. The van der Waals surface area contributed by atoms with Gasteiger partial charge in [0.1, 0.15) is 23.9 Å². The second-order valence-corrected chi connectivity index (χ2v) is 9.16. The molecule has 1 amide bonds. The lowest BCUT2D eigenvalue weighted by molar-refractivity contribution is -0.125. The number of nitrogens with zero attached hydrogens (tertiary/aromatic N) is 6. The third-order valence-corrected chi connectivity index (χ3v) is 7.06. The van der Waals surface area contributed by atoms with Crippen LogP contribution < -0.4 is 9.80 Å². The van der Waals surface area contributed by atoms with Crippen molar-refractivity contribution in [1.82, 2.24) is 10.1 Å². The van der Waals surface area contributed by atoms with Crippen LogP contribution in [0.15, 0.2) is 21.6 Å². The first-order valence-corrected chi connectivity index (χ1v) is 11.4. The second-order valence-electron chi connectivity index (χ2n) is 8.76. The standard InChI is InChI=1S/C22H21ClN6O4/c1-22(7-3-9-32-22)29-17-12(10-24)13(23)5-6-14(17)28-11-25-16(18(28)21(29)30)20-26-19(27-33-20)15-4-2-8-31-15/h5-6,11,15-16,18H,2-4,7-9H2,1H3. The molecule has 33 heavy (non-hydrogen) atoms. The number of benzene rings is 1. The van der Waals surface area contributed by atoms with Gasteiger partial charge in [0.05, 0.1) is 28.3 Å². The number of amides is 1. The molecule has 0 aliphatic carbocycles. The molecule has 11 heteroatoms. The van der Waals surface area contributed by atoms with Crippen LogP contribution in [0.3, 0.4) is 0 Å². The minimum absolute atomic E-state index is 0.200. The van der Waals surface area contributed by atoms with Gasteiger partial charge in [0.25, 0.3) is 11.8 Å². The number of ether oxygens (including phenoxy) is 2. The van der Waals surface area contributed by atoms with Gasteiger partial charge in [-0.25, -0.2) is 0 Å². The van der Waals surface area contributed by atoms with Crippen LogP contribution in [-0.2, 0) is 14.3 Å². The number of aromatic nitrogens is 2. The van der Waals surface area contributed by atoms with E-state index in [1.807, 2.05) is 6.92 Å². The molecule has 0 bridgehead atoms. The average molecular weight is 469 g/mol. The predicted molar refractivity (Wildman–Crippen MR) is 117 cm³/mol. The molecule has 1 aromatic carbocycles. The van der Waals surface area contributed by atoms with E-state index in [0.717, 1.165) is 19.3 Å². The molecule has 4 aliphatic heterocycles. The number of carbonyl (C=O) groups excluding carboxylic acids is 1. The maximum absolute atomic E-state index is 14.0. The minimum Gasteiger partial charge on any atom is -0.370 e. The van der Waals surface area contributed by atoms with Gasteiger partial charge < -0.3 is 18.9 Å². The Morgan fingerprint density at radius 3 is 2.91 bits per heavy atom. The van der Waals surface area contributed by atoms with E-state index in [9.17, 15) is 10.1 Å². The number of halogens is 1. The first-order valence-electron chi connectivity index (χ1n) is 11.0. The molecule has 6 rings (SSSR count). The molecule has 5 heterocycles. The van der Waals surface area contributed by atoms with E-state index < -0.39 is 17.8 Å². The SMILES string of the molecule is CC1(N2C(=O)C3C(c4nc(C5CCCO5)no4)N=CN3c3ccc(Cl)c(C#N)c32)CCCO1. The van der Waals surface area contributed by atoms with Crippen molar-refractivity contribution in [3.63, 3.8) is 0 Å². The minimum atomic E-state index is -0.904. The molecule has 0 N–H and O–H groups in total. The normalized spacial score (nSPS) is 30.6. The highest BCUT2D eigenvalue weighted by molar-refractivity contribution is 6.33. The van der Waals surface area contributed by atoms with Gasteiger partial charge in [-0.2, -0.15) is 10.2 Å². The fraction of sp³-hybridized carbons (Fsp3) is 0.500. The quantitative estimate of drug-likeness (QED) is 0.673. The lowest BCUT2D eigenvalue weighted by Crippen LogP contribution is -2.60. The lowest BCUT2D eigenvalue weighted by atomic mass is 9.95. The topological polar surface area (TPSA) is 117 Å². The summed E-state index contributed by atoms with van der Waals surface area (Å²) in [5.41, 5.74) is 0.419. The molecule has 2 fully saturated rings. The van der Waals surface area contributed by atoms with Gasteiger partial charge >= 0.3 is 0 Å². The summed E-state index contributed by atoms with van der Waals surface area (Å²) in [4.78, 5) is 26.5. The lowest BCUT2D eigenvalue weighted by Gasteiger charge is -2.46. The Balaban J connectivity index is 1.45. The van der Waals surface area contributed by atoms with E-state index in [4.69, 9.17) is 25.6 Å². The van der Waals surface area contributed by atoms with Crippen molar-refractivity contribution in [2.45, 2.75) is 56.5 Å². The first kappa shape index (κ1) is 20.6. The Labute approximate surface area is 194 Å². The monoisotopic (exact) mass is 468 g/mol. The summed E-state index contributed by atoms with van der Waals surface area (Å²) in [7, 11) is 0. The number of aliphatic imine (C=N–C) groups is 1. The molecular weight excluding hydrogens is 448 g/mol. The van der Waals surface area contributed by atoms with Gasteiger partial charge in [-0.3, -0.25) is 14.7 Å². The molecule has 170 valence electrons. The van der Waals surface area contributed by atoms with Crippen LogP contribution in [0.25, 0.3) is 0 Å². The zero-order valence-corrected chi connectivity index (χ0v) is 18.7. The average Bonchev–Trinajstić information content (AvgIpc) is 3.59. The largest absolute Gasteiger partial charge is 0.370 e. The van der Waals surface area contributed by atoms with E-state index in [0.29, 0.717) is 36.8 Å². The molecule has 0 radical (unpaired) electrons. The Morgan fingerprint density at radius 2 is 2.18 bits per heavy atom. The summed E-state index contributed by atoms with van der Waals surface area (Å²) in [5.74, 6) is 0.472. The summed E-state index contributed by atoms with van der Waals surface area (Å²) in [6, 6.07) is 4.18. The number of carbonyl (C=O) groups is 1. The molecule has 4 atom stereocenters. The van der Waals surface area contributed by atoms with Crippen molar-refractivity contribution in [1.29, 1.82) is 5.26 Å². The van der Waals surface area contributed by atoms with Crippen molar-refractivity contribution in [3.05, 3.63) is 34.4 Å². The highest BCUT2D eigenvalue weighted by atomic mass is 35.5. The van der Waals surface area contributed by atoms with E-state index in [-0.39, 0.29) is 28.5 Å². The Hall–Kier alpha value is -3.00. The number of anilines is 2. The summed E-state index contributed by atoms with van der Waals surface area (Å²) in [6.07, 6.45) is 4.61. The van der Waals surface area contributed by atoms with Crippen LogP contribution >= 0.6 is 11.6 Å². The third-order valence-electron chi connectivity index (χ3n) is 6.74. The molecule has 4 unspecified atom stereocenters. The number of hydrogen-bond acceptors (Lipinski definition) is 9. The van der Waals surface area contributed by atoms with Crippen LogP contribution in [0.2, 0.25) is 5.02 Å². The Kier molecular flexibility index (Phi) is 4.69. The highest BCUT2D eigenvalue weighted by Crippen LogP contribution is 2.49. The first-order chi connectivity index (χ1) is 16.0. The number of rotatable bonds is 3. The van der Waals surface area contributed by atoms with E-state index in [1.165, 1.54) is 0 Å². The highest BCUT2D eigenvalue weighted by Gasteiger charge is 2.54. The van der Waals surface area contributed by atoms with Gasteiger partial charge in [0, 0.05) is 13.2 Å². The van der Waals surface area contributed by atoms with Crippen LogP contribution in [0.1, 0.15) is 62.0 Å². The summed E-state index contributed by atoms with van der Waals surface area (Å²) in [6.45, 7) is 3.06. The Bertz CT molecular complexity index is 1190. The van der Waals surface area contributed by atoms with Crippen molar-refractivity contribution in [2.75, 3.05) is 23.0 Å². The molecule has 2 saturated heterocycles. The van der Waals surface area contributed by atoms with Gasteiger partial charge in [-0.1, -0.05) is 16.8 Å². The Morgan fingerprint density at radius 1 is 1.30 bits per heavy atom. The zero-order valence-electron chi connectivity index (χ0n) is 17.9. The molecular formula is C22H21ClN6O4. The van der Waals surface area contributed by atoms with E-state index in [1.54, 1.807) is 28.3 Å².